The molecule has 2 amide bonds. The summed E-state index contributed by atoms with van der Waals surface area (Å²) in [5.41, 5.74) is 0. The molecule has 6 heteroatoms. The van der Waals surface area contributed by atoms with Crippen molar-refractivity contribution in [2.75, 3.05) is 26.2 Å². The molecule has 3 rings (SSSR count). The second-order valence-electron chi connectivity index (χ2n) is 7.19. The molecule has 5 nitrogen and oxygen atoms in total. The number of rotatable bonds is 3. The molecule has 0 bridgehead atoms. The fraction of sp³-hybridized carbons (Fsp3) is 0.684. The van der Waals surface area contributed by atoms with E-state index < -0.39 is 0 Å². The number of likely N-dealkylation sites (tertiary alicyclic amines) is 1. The zero-order chi connectivity index (χ0) is 18.0. The van der Waals surface area contributed by atoms with E-state index in [2.05, 4.69) is 6.92 Å². The van der Waals surface area contributed by atoms with Crippen LogP contribution in [0.1, 0.15) is 48.2 Å². The second kappa shape index (κ2) is 7.87. The normalized spacial score (nSPS) is 25.2. The summed E-state index contributed by atoms with van der Waals surface area (Å²) in [6, 6.07) is 3.97. The zero-order valence-corrected chi connectivity index (χ0v) is 16.2. The molecule has 2 aliphatic rings. The number of ether oxygens (including phenoxy) is 1. The van der Waals surface area contributed by atoms with Crippen LogP contribution in [0.15, 0.2) is 12.1 Å². The standard InChI is InChI=1S/C19H28N2O3S/c1-4-16-5-6-17(25-16)19(23)20-9-7-15(8-10-20)18(22)21-11-13(2)24-14(3)12-21/h5-6,13-15H,4,7-12H2,1-3H3. The predicted molar refractivity (Wildman–Crippen MR) is 98.9 cm³/mol. The molecular formula is C19H28N2O3S. The van der Waals surface area contributed by atoms with E-state index in [1.54, 1.807) is 11.3 Å². The molecule has 3 heterocycles. The van der Waals surface area contributed by atoms with Crippen LogP contribution in [0.2, 0.25) is 0 Å². The van der Waals surface area contributed by atoms with Crippen LogP contribution in [0.3, 0.4) is 0 Å². The van der Waals surface area contributed by atoms with Crippen molar-refractivity contribution in [3.05, 3.63) is 21.9 Å². The van der Waals surface area contributed by atoms with E-state index in [9.17, 15) is 9.59 Å². The van der Waals surface area contributed by atoms with Crippen LogP contribution in [0.5, 0.6) is 0 Å². The van der Waals surface area contributed by atoms with Gasteiger partial charge in [0.1, 0.15) is 0 Å². The van der Waals surface area contributed by atoms with E-state index in [0.29, 0.717) is 26.2 Å². The Labute approximate surface area is 153 Å². The molecule has 0 saturated carbocycles. The lowest BCUT2D eigenvalue weighted by atomic mass is 9.94. The highest BCUT2D eigenvalue weighted by molar-refractivity contribution is 7.14. The Morgan fingerprint density at radius 2 is 1.76 bits per heavy atom. The van der Waals surface area contributed by atoms with Crippen LogP contribution in [0.4, 0.5) is 0 Å². The first kappa shape index (κ1) is 18.4. The van der Waals surface area contributed by atoms with Crippen molar-refractivity contribution in [3.63, 3.8) is 0 Å². The molecule has 2 saturated heterocycles. The van der Waals surface area contributed by atoms with Crippen LogP contribution >= 0.6 is 11.3 Å². The van der Waals surface area contributed by atoms with E-state index in [1.807, 2.05) is 35.8 Å². The van der Waals surface area contributed by atoms with Gasteiger partial charge in [0.05, 0.1) is 17.1 Å². The van der Waals surface area contributed by atoms with Crippen LogP contribution in [0, 0.1) is 5.92 Å². The summed E-state index contributed by atoms with van der Waals surface area (Å²) in [4.78, 5) is 31.3. The first-order chi connectivity index (χ1) is 12.0. The molecule has 0 N–H and O–H groups in total. The number of carbonyl (C=O) groups is 2. The van der Waals surface area contributed by atoms with Crippen LogP contribution in [-0.2, 0) is 16.0 Å². The quantitative estimate of drug-likeness (QED) is 0.829. The Morgan fingerprint density at radius 1 is 1.12 bits per heavy atom. The number of hydrogen-bond acceptors (Lipinski definition) is 4. The van der Waals surface area contributed by atoms with E-state index >= 15 is 0 Å². The van der Waals surface area contributed by atoms with Gasteiger partial charge in [0.2, 0.25) is 5.91 Å². The fourth-order valence-electron chi connectivity index (χ4n) is 3.78. The van der Waals surface area contributed by atoms with Crippen molar-refractivity contribution >= 4 is 23.2 Å². The monoisotopic (exact) mass is 364 g/mol. The molecule has 0 aliphatic carbocycles. The van der Waals surface area contributed by atoms with Gasteiger partial charge in [-0.25, -0.2) is 0 Å². The maximum absolute atomic E-state index is 12.8. The van der Waals surface area contributed by atoms with Gasteiger partial charge in [0.15, 0.2) is 0 Å². The smallest absolute Gasteiger partial charge is 0.263 e. The number of morpholine rings is 1. The molecule has 0 aromatic carbocycles. The Kier molecular flexibility index (Phi) is 5.79. The van der Waals surface area contributed by atoms with Crippen molar-refractivity contribution in [1.29, 1.82) is 0 Å². The molecule has 0 spiro atoms. The van der Waals surface area contributed by atoms with Crippen LogP contribution in [-0.4, -0.2) is 60.0 Å². The molecule has 0 radical (unpaired) electrons. The van der Waals surface area contributed by atoms with Gasteiger partial charge in [-0.1, -0.05) is 6.92 Å². The number of thiophene rings is 1. The lowest BCUT2D eigenvalue weighted by molar-refractivity contribution is -0.148. The van der Waals surface area contributed by atoms with Gasteiger partial charge in [0.25, 0.3) is 5.91 Å². The average Bonchev–Trinajstić information content (AvgIpc) is 3.09. The number of amides is 2. The summed E-state index contributed by atoms with van der Waals surface area (Å²) in [5.74, 6) is 0.388. The first-order valence-corrected chi connectivity index (χ1v) is 10.1. The van der Waals surface area contributed by atoms with Crippen molar-refractivity contribution < 1.29 is 14.3 Å². The highest BCUT2D eigenvalue weighted by Crippen LogP contribution is 2.25. The van der Waals surface area contributed by atoms with Crippen molar-refractivity contribution in [1.82, 2.24) is 9.80 Å². The fourth-order valence-corrected chi connectivity index (χ4v) is 4.70. The largest absolute Gasteiger partial charge is 0.372 e. The lowest BCUT2D eigenvalue weighted by Gasteiger charge is -2.39. The van der Waals surface area contributed by atoms with Gasteiger partial charge < -0.3 is 14.5 Å². The average molecular weight is 365 g/mol. The summed E-state index contributed by atoms with van der Waals surface area (Å²) in [7, 11) is 0. The Balaban J connectivity index is 1.54. The summed E-state index contributed by atoms with van der Waals surface area (Å²) in [6.45, 7) is 8.83. The molecule has 1 aromatic rings. The van der Waals surface area contributed by atoms with Crippen molar-refractivity contribution in [2.45, 2.75) is 52.2 Å². The molecule has 2 atom stereocenters. The Hall–Kier alpha value is -1.40. The predicted octanol–water partition coefficient (Wildman–Crippen LogP) is 2.80. The van der Waals surface area contributed by atoms with E-state index in [1.165, 1.54) is 4.88 Å². The lowest BCUT2D eigenvalue weighted by Crippen LogP contribution is -2.51. The van der Waals surface area contributed by atoms with Gasteiger partial charge in [-0.15, -0.1) is 11.3 Å². The number of aryl methyl sites for hydroxylation is 1. The van der Waals surface area contributed by atoms with Crippen LogP contribution < -0.4 is 0 Å². The van der Waals surface area contributed by atoms with Crippen molar-refractivity contribution in [3.8, 4) is 0 Å². The molecule has 2 aliphatic heterocycles. The molecule has 25 heavy (non-hydrogen) atoms. The Morgan fingerprint density at radius 3 is 2.32 bits per heavy atom. The number of nitrogens with zero attached hydrogens (tertiary/aromatic N) is 2. The number of hydrogen-bond donors (Lipinski definition) is 0. The first-order valence-electron chi connectivity index (χ1n) is 9.30. The van der Waals surface area contributed by atoms with Gasteiger partial charge in [-0.3, -0.25) is 9.59 Å². The minimum atomic E-state index is 0.0380. The third-order valence-electron chi connectivity index (χ3n) is 5.08. The molecule has 2 fully saturated rings. The molecular weight excluding hydrogens is 336 g/mol. The molecule has 2 unspecified atom stereocenters. The van der Waals surface area contributed by atoms with Crippen molar-refractivity contribution in [2.24, 2.45) is 5.92 Å². The van der Waals surface area contributed by atoms with Gasteiger partial charge in [-0.2, -0.15) is 0 Å². The van der Waals surface area contributed by atoms with E-state index in [4.69, 9.17) is 4.74 Å². The van der Waals surface area contributed by atoms with Crippen LogP contribution in [0.25, 0.3) is 0 Å². The molecule has 138 valence electrons. The zero-order valence-electron chi connectivity index (χ0n) is 15.4. The SMILES string of the molecule is CCc1ccc(C(=O)N2CCC(C(=O)N3CC(C)OC(C)C3)CC2)s1. The maximum atomic E-state index is 12.8. The van der Waals surface area contributed by atoms with Gasteiger partial charge in [-0.05, 0) is 45.2 Å². The minimum Gasteiger partial charge on any atom is -0.372 e. The number of piperidine rings is 1. The minimum absolute atomic E-state index is 0.0380. The topological polar surface area (TPSA) is 49.9 Å². The summed E-state index contributed by atoms with van der Waals surface area (Å²) < 4.78 is 5.72. The third-order valence-corrected chi connectivity index (χ3v) is 6.30. The molecule has 1 aromatic heterocycles. The third kappa shape index (κ3) is 4.23. The summed E-state index contributed by atoms with van der Waals surface area (Å²) in [6.07, 6.45) is 2.68. The second-order valence-corrected chi connectivity index (χ2v) is 8.35. The van der Waals surface area contributed by atoms with Gasteiger partial charge >= 0.3 is 0 Å². The highest BCUT2D eigenvalue weighted by Gasteiger charge is 2.33. The summed E-state index contributed by atoms with van der Waals surface area (Å²) in [5, 5.41) is 0. The van der Waals surface area contributed by atoms with Gasteiger partial charge in [0, 0.05) is 37.0 Å². The maximum Gasteiger partial charge on any atom is 0.263 e. The van der Waals surface area contributed by atoms with E-state index in [0.717, 1.165) is 24.1 Å². The van der Waals surface area contributed by atoms with E-state index in [-0.39, 0.29) is 29.9 Å². The highest BCUT2D eigenvalue weighted by atomic mass is 32.1. The summed E-state index contributed by atoms with van der Waals surface area (Å²) >= 11 is 1.58. The number of carbonyl (C=O) groups excluding carboxylic acids is 2. The Bertz CT molecular complexity index is 612.